The lowest BCUT2D eigenvalue weighted by molar-refractivity contribution is -0.384. The highest BCUT2D eigenvalue weighted by Crippen LogP contribution is 2.32. The minimum atomic E-state index is -0.655. The minimum Gasteiger partial charge on any atom is -0.493 e. The molecule has 8 heteroatoms. The van der Waals surface area contributed by atoms with Gasteiger partial charge in [0, 0.05) is 17.2 Å². The third-order valence-electron chi connectivity index (χ3n) is 4.52. The summed E-state index contributed by atoms with van der Waals surface area (Å²) in [6.45, 7) is 2.33. The molecule has 1 heterocycles. The van der Waals surface area contributed by atoms with Crippen molar-refractivity contribution in [2.75, 3.05) is 6.61 Å². The van der Waals surface area contributed by atoms with E-state index in [4.69, 9.17) is 21.1 Å². The summed E-state index contributed by atoms with van der Waals surface area (Å²) in [6, 6.07) is 15.6. The predicted molar refractivity (Wildman–Crippen MR) is 114 cm³/mol. The lowest BCUT2D eigenvalue weighted by atomic mass is 10.0. The maximum absolute atomic E-state index is 12.4. The van der Waals surface area contributed by atoms with E-state index >= 15 is 0 Å². The van der Waals surface area contributed by atoms with Crippen molar-refractivity contribution in [3.05, 3.63) is 86.6 Å². The van der Waals surface area contributed by atoms with Crippen LogP contribution < -0.4 is 4.74 Å². The highest BCUT2D eigenvalue weighted by atomic mass is 35.5. The SMILES string of the molecule is CCOc1ccc2ccccc2c1/C=C1/N=C(c2ccc(Cl)c([N+](=O)[O-])c2)OC1=O. The van der Waals surface area contributed by atoms with Gasteiger partial charge in [0.2, 0.25) is 5.90 Å². The van der Waals surface area contributed by atoms with Crippen molar-refractivity contribution in [3.63, 3.8) is 0 Å². The Morgan fingerprint density at radius 3 is 2.77 bits per heavy atom. The zero-order chi connectivity index (χ0) is 21.3. The fraction of sp³-hybridized carbons (Fsp3) is 0.0909. The molecule has 7 nitrogen and oxygen atoms in total. The first kappa shape index (κ1) is 19.6. The number of benzene rings is 3. The Kier molecular flexibility index (Phi) is 5.20. The molecule has 30 heavy (non-hydrogen) atoms. The van der Waals surface area contributed by atoms with Crippen LogP contribution in [0.25, 0.3) is 16.8 Å². The Bertz CT molecular complexity index is 1250. The maximum atomic E-state index is 12.4. The normalized spacial score (nSPS) is 14.7. The van der Waals surface area contributed by atoms with Crippen LogP contribution in [-0.4, -0.2) is 23.4 Å². The molecule has 0 N–H and O–H groups in total. The number of cyclic esters (lactones) is 1. The summed E-state index contributed by atoms with van der Waals surface area (Å²) >= 11 is 5.85. The molecule has 1 aliphatic rings. The highest BCUT2D eigenvalue weighted by Gasteiger charge is 2.27. The van der Waals surface area contributed by atoms with Gasteiger partial charge < -0.3 is 9.47 Å². The van der Waals surface area contributed by atoms with E-state index < -0.39 is 10.9 Å². The molecule has 3 aromatic rings. The van der Waals surface area contributed by atoms with Crippen molar-refractivity contribution in [2.45, 2.75) is 6.92 Å². The van der Waals surface area contributed by atoms with E-state index in [2.05, 4.69) is 4.99 Å². The number of aliphatic imine (C=N–C) groups is 1. The van der Waals surface area contributed by atoms with Crippen molar-refractivity contribution < 1.29 is 19.2 Å². The monoisotopic (exact) mass is 422 g/mol. The number of halogens is 1. The van der Waals surface area contributed by atoms with Crippen molar-refractivity contribution in [1.82, 2.24) is 0 Å². The average molecular weight is 423 g/mol. The molecule has 3 aromatic carbocycles. The first-order valence-electron chi connectivity index (χ1n) is 9.09. The van der Waals surface area contributed by atoms with Gasteiger partial charge in [0.1, 0.15) is 10.8 Å². The summed E-state index contributed by atoms with van der Waals surface area (Å²) < 4.78 is 11.0. The topological polar surface area (TPSA) is 91.0 Å². The lowest BCUT2D eigenvalue weighted by Crippen LogP contribution is -2.06. The molecule has 4 rings (SSSR count). The zero-order valence-electron chi connectivity index (χ0n) is 15.8. The largest absolute Gasteiger partial charge is 0.493 e. The van der Waals surface area contributed by atoms with Gasteiger partial charge in [-0.2, -0.15) is 0 Å². The number of carbonyl (C=O) groups excluding carboxylic acids is 1. The van der Waals surface area contributed by atoms with Crippen molar-refractivity contribution in [1.29, 1.82) is 0 Å². The van der Waals surface area contributed by atoms with Gasteiger partial charge >= 0.3 is 5.97 Å². The van der Waals surface area contributed by atoms with Gasteiger partial charge in [0.25, 0.3) is 5.69 Å². The smallest absolute Gasteiger partial charge is 0.363 e. The van der Waals surface area contributed by atoms with Crippen LogP contribution in [0.1, 0.15) is 18.1 Å². The molecule has 0 bridgehead atoms. The Labute approximate surface area is 176 Å². The number of hydrogen-bond acceptors (Lipinski definition) is 6. The summed E-state index contributed by atoms with van der Waals surface area (Å²) in [7, 11) is 0. The molecule has 1 aliphatic heterocycles. The average Bonchev–Trinajstić information content (AvgIpc) is 3.10. The number of carbonyl (C=O) groups is 1. The number of ether oxygens (including phenoxy) is 2. The zero-order valence-corrected chi connectivity index (χ0v) is 16.6. The summed E-state index contributed by atoms with van der Waals surface area (Å²) in [5.74, 6) is -0.0653. The summed E-state index contributed by atoms with van der Waals surface area (Å²) in [5.41, 5.74) is 0.762. The molecule has 0 spiro atoms. The molecule has 0 atom stereocenters. The van der Waals surface area contributed by atoms with Gasteiger partial charge in [-0.3, -0.25) is 10.1 Å². The molecule has 0 aromatic heterocycles. The number of nitrogens with zero attached hydrogens (tertiary/aromatic N) is 2. The van der Waals surface area contributed by atoms with E-state index in [1.165, 1.54) is 18.2 Å². The summed E-state index contributed by atoms with van der Waals surface area (Å²) in [6.07, 6.45) is 1.60. The second-order valence-electron chi connectivity index (χ2n) is 6.39. The van der Waals surface area contributed by atoms with Gasteiger partial charge in [-0.25, -0.2) is 9.79 Å². The van der Waals surface area contributed by atoms with Crippen molar-refractivity contribution >= 4 is 46.0 Å². The predicted octanol–water partition coefficient (Wildman–Crippen LogP) is 5.14. The van der Waals surface area contributed by atoms with Gasteiger partial charge in [0.05, 0.1) is 11.5 Å². The van der Waals surface area contributed by atoms with Gasteiger partial charge in [-0.1, -0.05) is 41.9 Å². The second kappa shape index (κ2) is 7.96. The first-order chi connectivity index (χ1) is 14.5. The van der Waals surface area contributed by atoms with Crippen LogP contribution in [0.5, 0.6) is 5.75 Å². The Balaban J connectivity index is 1.81. The van der Waals surface area contributed by atoms with Crippen molar-refractivity contribution in [3.8, 4) is 5.75 Å². The van der Waals surface area contributed by atoms with E-state index in [-0.39, 0.29) is 27.9 Å². The van der Waals surface area contributed by atoms with E-state index in [1.807, 2.05) is 43.3 Å². The molecular formula is C22H15ClN2O5. The number of hydrogen-bond donors (Lipinski definition) is 0. The third-order valence-corrected chi connectivity index (χ3v) is 4.84. The number of fused-ring (bicyclic) bond motifs is 1. The Hall–Kier alpha value is -3.71. The molecule has 0 unspecified atom stereocenters. The Morgan fingerprint density at radius 1 is 1.20 bits per heavy atom. The Morgan fingerprint density at radius 2 is 2.00 bits per heavy atom. The minimum absolute atomic E-state index is 0.0125. The van der Waals surface area contributed by atoms with Crippen LogP contribution >= 0.6 is 11.6 Å². The van der Waals surface area contributed by atoms with Crippen LogP contribution in [0.3, 0.4) is 0 Å². The van der Waals surface area contributed by atoms with E-state index in [9.17, 15) is 14.9 Å². The number of rotatable bonds is 5. The standard InChI is InChI=1S/C22H15ClN2O5/c1-2-29-20-10-8-13-5-3-4-6-15(13)16(20)12-18-22(26)30-21(24-18)14-7-9-17(23)19(11-14)25(27)28/h3-12H,2H2,1H3/b18-12+. The van der Waals surface area contributed by atoms with E-state index in [0.717, 1.165) is 10.8 Å². The van der Waals surface area contributed by atoms with Crippen LogP contribution in [0.4, 0.5) is 5.69 Å². The molecule has 0 saturated heterocycles. The summed E-state index contributed by atoms with van der Waals surface area (Å²) in [4.78, 5) is 27.2. The fourth-order valence-electron chi connectivity index (χ4n) is 3.16. The fourth-order valence-corrected chi connectivity index (χ4v) is 3.35. The number of nitro benzene ring substituents is 1. The van der Waals surface area contributed by atoms with Gasteiger partial charge in [-0.15, -0.1) is 0 Å². The quantitative estimate of drug-likeness (QED) is 0.245. The molecule has 0 saturated carbocycles. The molecule has 0 amide bonds. The van der Waals surface area contributed by atoms with Crippen LogP contribution in [0.2, 0.25) is 5.02 Å². The van der Waals surface area contributed by atoms with Gasteiger partial charge in [-0.05, 0) is 42.0 Å². The maximum Gasteiger partial charge on any atom is 0.363 e. The first-order valence-corrected chi connectivity index (χ1v) is 9.47. The lowest BCUT2D eigenvalue weighted by Gasteiger charge is -2.10. The number of nitro groups is 1. The van der Waals surface area contributed by atoms with Crippen LogP contribution in [0, 0.1) is 10.1 Å². The number of esters is 1. The third kappa shape index (κ3) is 3.62. The second-order valence-corrected chi connectivity index (χ2v) is 6.80. The molecule has 150 valence electrons. The summed E-state index contributed by atoms with van der Waals surface area (Å²) in [5, 5.41) is 13.0. The molecule has 0 fully saturated rings. The molecule has 0 aliphatic carbocycles. The van der Waals surface area contributed by atoms with Crippen LogP contribution in [-0.2, 0) is 9.53 Å². The van der Waals surface area contributed by atoms with Crippen molar-refractivity contribution in [2.24, 2.45) is 4.99 Å². The van der Waals surface area contributed by atoms with E-state index in [0.29, 0.717) is 17.9 Å². The van der Waals surface area contributed by atoms with E-state index in [1.54, 1.807) is 6.08 Å². The molecular weight excluding hydrogens is 408 g/mol. The van der Waals surface area contributed by atoms with Crippen LogP contribution in [0.15, 0.2) is 65.3 Å². The molecule has 0 radical (unpaired) electrons. The van der Waals surface area contributed by atoms with Gasteiger partial charge in [0.15, 0.2) is 5.70 Å². The highest BCUT2D eigenvalue weighted by molar-refractivity contribution is 6.32.